The monoisotopic (exact) mass is 318 g/mol. The zero-order chi connectivity index (χ0) is 10.8. The van der Waals surface area contributed by atoms with Crippen molar-refractivity contribution in [3.63, 3.8) is 0 Å². The van der Waals surface area contributed by atoms with E-state index in [9.17, 15) is 18.0 Å². The van der Waals surface area contributed by atoms with Crippen molar-refractivity contribution in [2.75, 3.05) is 0 Å². The van der Waals surface area contributed by atoms with E-state index >= 15 is 0 Å². The number of carbonyl (C=O) groups excluding carboxylic acids is 1. The Morgan fingerprint density at radius 2 is 2.21 bits per heavy atom. The number of aryl methyl sites for hydroxylation is 1. The van der Waals surface area contributed by atoms with Gasteiger partial charge in [-0.1, -0.05) is 0 Å². The fourth-order valence-electron chi connectivity index (χ4n) is 0.852. The van der Waals surface area contributed by atoms with E-state index in [0.717, 1.165) is 4.68 Å². The van der Waals surface area contributed by atoms with Gasteiger partial charge in [0.1, 0.15) is 3.70 Å². The van der Waals surface area contributed by atoms with Gasteiger partial charge in [-0.05, 0) is 22.6 Å². The normalized spacial score (nSPS) is 11.7. The summed E-state index contributed by atoms with van der Waals surface area (Å²) in [5, 5.41) is 3.67. The third-order valence-corrected chi connectivity index (χ3v) is 2.71. The highest BCUT2D eigenvalue weighted by Crippen LogP contribution is 2.21. The summed E-state index contributed by atoms with van der Waals surface area (Å²) >= 11 is 1.79. The second kappa shape index (κ2) is 4.28. The predicted molar refractivity (Wildman–Crippen MR) is 51.0 cm³/mol. The number of hydrogen-bond donors (Lipinski definition) is 0. The molecule has 0 spiro atoms. The van der Waals surface area contributed by atoms with Crippen LogP contribution in [0.1, 0.15) is 16.8 Å². The summed E-state index contributed by atoms with van der Waals surface area (Å²) in [5.41, 5.74) is 0.313. The lowest BCUT2D eigenvalue weighted by atomic mass is 10.4. The molecule has 0 aromatic carbocycles. The molecule has 7 heteroatoms. The van der Waals surface area contributed by atoms with Crippen LogP contribution >= 0.6 is 22.6 Å². The first-order valence-electron chi connectivity index (χ1n) is 3.67. The van der Waals surface area contributed by atoms with Crippen LogP contribution in [0, 0.1) is 3.70 Å². The maximum atomic E-state index is 11.8. The lowest BCUT2D eigenvalue weighted by Gasteiger charge is -2.06. The highest BCUT2D eigenvalue weighted by Gasteiger charge is 2.27. The third-order valence-electron chi connectivity index (χ3n) is 1.54. The van der Waals surface area contributed by atoms with Gasteiger partial charge in [-0.3, -0.25) is 9.48 Å². The minimum atomic E-state index is -4.20. The number of halogens is 4. The first kappa shape index (κ1) is 11.5. The minimum Gasteiger partial charge on any atom is -0.298 e. The first-order chi connectivity index (χ1) is 6.44. The van der Waals surface area contributed by atoms with Gasteiger partial charge >= 0.3 is 6.18 Å². The van der Waals surface area contributed by atoms with E-state index in [0.29, 0.717) is 15.6 Å². The molecule has 0 saturated carbocycles. The molecule has 0 unspecified atom stereocenters. The van der Waals surface area contributed by atoms with Gasteiger partial charge in [0.15, 0.2) is 6.29 Å². The summed E-state index contributed by atoms with van der Waals surface area (Å²) < 4.78 is 37.1. The highest BCUT2D eigenvalue weighted by molar-refractivity contribution is 14.1. The summed E-state index contributed by atoms with van der Waals surface area (Å²) in [5.74, 6) is 0. The second-order valence-electron chi connectivity index (χ2n) is 2.60. The molecule has 0 aliphatic heterocycles. The van der Waals surface area contributed by atoms with Gasteiger partial charge in [0.25, 0.3) is 0 Å². The Bertz CT molecular complexity index is 334. The molecule has 0 N–H and O–H groups in total. The van der Waals surface area contributed by atoms with Crippen LogP contribution in [0.25, 0.3) is 0 Å². The largest absolute Gasteiger partial charge is 0.390 e. The standard InChI is InChI=1S/C7H6F3IN2O/c8-7(9,10)1-2-13-6(11)5(4-14)3-12-13/h3-4H,1-2H2. The molecule has 14 heavy (non-hydrogen) atoms. The maximum absolute atomic E-state index is 11.8. The Hall–Kier alpha value is -0.600. The SMILES string of the molecule is O=Cc1cnn(CCC(F)(F)F)c1I. The van der Waals surface area contributed by atoms with Gasteiger partial charge in [-0.25, -0.2) is 0 Å². The van der Waals surface area contributed by atoms with E-state index in [1.54, 1.807) is 22.6 Å². The van der Waals surface area contributed by atoms with E-state index in [2.05, 4.69) is 5.10 Å². The van der Waals surface area contributed by atoms with Crippen LogP contribution in [0.15, 0.2) is 6.20 Å². The number of carbonyl (C=O) groups is 1. The van der Waals surface area contributed by atoms with Gasteiger partial charge in [0.2, 0.25) is 0 Å². The molecule has 0 fully saturated rings. The third kappa shape index (κ3) is 2.96. The number of alkyl halides is 3. The van der Waals surface area contributed by atoms with Gasteiger partial charge in [-0.15, -0.1) is 0 Å². The molecule has 1 aromatic rings. The van der Waals surface area contributed by atoms with Crippen molar-refractivity contribution >= 4 is 28.9 Å². The Balaban J connectivity index is 2.68. The summed E-state index contributed by atoms with van der Waals surface area (Å²) in [7, 11) is 0. The zero-order valence-electron chi connectivity index (χ0n) is 6.88. The van der Waals surface area contributed by atoms with Crippen molar-refractivity contribution in [2.24, 2.45) is 0 Å². The Morgan fingerprint density at radius 1 is 1.57 bits per heavy atom. The molecule has 1 rings (SSSR count). The molecule has 0 bridgehead atoms. The number of hydrogen-bond acceptors (Lipinski definition) is 2. The lowest BCUT2D eigenvalue weighted by Crippen LogP contribution is -2.14. The van der Waals surface area contributed by atoms with E-state index in [1.807, 2.05) is 0 Å². The number of rotatable bonds is 3. The molecule has 0 radical (unpaired) electrons. The molecule has 1 heterocycles. The summed E-state index contributed by atoms with van der Waals surface area (Å²) in [4.78, 5) is 10.4. The quantitative estimate of drug-likeness (QED) is 0.633. The summed E-state index contributed by atoms with van der Waals surface area (Å²) in [6.45, 7) is -0.254. The molecule has 0 aliphatic carbocycles. The molecular weight excluding hydrogens is 312 g/mol. The fourth-order valence-corrected chi connectivity index (χ4v) is 1.48. The average molecular weight is 318 g/mol. The topological polar surface area (TPSA) is 34.9 Å². The van der Waals surface area contributed by atoms with Gasteiger partial charge in [0.05, 0.1) is 24.7 Å². The van der Waals surface area contributed by atoms with Crippen molar-refractivity contribution in [3.05, 3.63) is 15.5 Å². The number of aromatic nitrogens is 2. The van der Waals surface area contributed by atoms with E-state index in [-0.39, 0.29) is 6.54 Å². The summed E-state index contributed by atoms with van der Waals surface area (Å²) in [6, 6.07) is 0. The smallest absolute Gasteiger partial charge is 0.298 e. The molecule has 0 saturated heterocycles. The molecule has 78 valence electrons. The van der Waals surface area contributed by atoms with E-state index < -0.39 is 12.6 Å². The molecule has 0 amide bonds. The minimum absolute atomic E-state index is 0.254. The number of nitrogens with zero attached hydrogens (tertiary/aromatic N) is 2. The lowest BCUT2D eigenvalue weighted by molar-refractivity contribution is -0.137. The van der Waals surface area contributed by atoms with Gasteiger partial charge in [0, 0.05) is 0 Å². The Kier molecular flexibility index (Phi) is 3.51. The van der Waals surface area contributed by atoms with Crippen molar-refractivity contribution in [1.29, 1.82) is 0 Å². The van der Waals surface area contributed by atoms with Crippen LogP contribution in [0.2, 0.25) is 0 Å². The molecular formula is C7H6F3IN2O. The van der Waals surface area contributed by atoms with Crippen LogP contribution in [0.5, 0.6) is 0 Å². The molecule has 3 nitrogen and oxygen atoms in total. The fraction of sp³-hybridized carbons (Fsp3) is 0.429. The van der Waals surface area contributed by atoms with Crippen LogP contribution in [0.4, 0.5) is 13.2 Å². The highest BCUT2D eigenvalue weighted by atomic mass is 127. The van der Waals surface area contributed by atoms with E-state index in [4.69, 9.17) is 0 Å². The maximum Gasteiger partial charge on any atom is 0.390 e. The molecule has 1 aromatic heterocycles. The van der Waals surface area contributed by atoms with Crippen LogP contribution in [-0.4, -0.2) is 22.2 Å². The predicted octanol–water partition coefficient (Wildman–Crippen LogP) is 2.25. The van der Waals surface area contributed by atoms with Crippen molar-refractivity contribution in [2.45, 2.75) is 19.1 Å². The number of aldehydes is 1. The Morgan fingerprint density at radius 3 is 2.64 bits per heavy atom. The Labute approximate surface area is 91.4 Å². The molecule has 0 atom stereocenters. The van der Waals surface area contributed by atoms with Crippen LogP contribution in [-0.2, 0) is 6.54 Å². The van der Waals surface area contributed by atoms with Gasteiger partial charge in [-0.2, -0.15) is 18.3 Å². The van der Waals surface area contributed by atoms with Crippen LogP contribution in [0.3, 0.4) is 0 Å². The van der Waals surface area contributed by atoms with Crippen molar-refractivity contribution in [1.82, 2.24) is 9.78 Å². The van der Waals surface area contributed by atoms with Crippen molar-refractivity contribution in [3.8, 4) is 0 Å². The molecule has 0 aliphatic rings. The van der Waals surface area contributed by atoms with Crippen molar-refractivity contribution < 1.29 is 18.0 Å². The summed E-state index contributed by atoms with van der Waals surface area (Å²) in [6.07, 6.45) is -3.32. The van der Waals surface area contributed by atoms with Crippen LogP contribution < -0.4 is 0 Å². The van der Waals surface area contributed by atoms with E-state index in [1.165, 1.54) is 6.20 Å². The van der Waals surface area contributed by atoms with Gasteiger partial charge < -0.3 is 0 Å². The second-order valence-corrected chi connectivity index (χ2v) is 3.62. The average Bonchev–Trinajstić information content (AvgIpc) is 2.42. The first-order valence-corrected chi connectivity index (χ1v) is 4.75. The zero-order valence-corrected chi connectivity index (χ0v) is 9.04.